The Morgan fingerprint density at radius 1 is 1.44 bits per heavy atom. The van der Waals surface area contributed by atoms with Crippen LogP contribution < -0.4 is 11.1 Å². The summed E-state index contributed by atoms with van der Waals surface area (Å²) in [5, 5.41) is 4.51. The number of nitrogen functional groups attached to an aromatic ring is 1. The fourth-order valence-corrected chi connectivity index (χ4v) is 5.14. The molecule has 8 heteroatoms. The number of hydrogen-bond acceptors (Lipinski definition) is 7. The summed E-state index contributed by atoms with van der Waals surface area (Å²) in [6.45, 7) is 3.76. The summed E-state index contributed by atoms with van der Waals surface area (Å²) >= 11 is 3.07. The van der Waals surface area contributed by atoms with E-state index in [0.717, 1.165) is 35.5 Å². The Balaban J connectivity index is 1.68. The molecular formula is C17H25N5OS2. The lowest BCUT2D eigenvalue weighted by molar-refractivity contribution is -0.118. The van der Waals surface area contributed by atoms with Gasteiger partial charge in [-0.05, 0) is 44.8 Å². The molecule has 0 bridgehead atoms. The van der Waals surface area contributed by atoms with Crippen molar-refractivity contribution in [1.29, 1.82) is 0 Å². The number of aromatic nitrogens is 2. The van der Waals surface area contributed by atoms with Crippen molar-refractivity contribution in [2.75, 3.05) is 38.7 Å². The second-order valence-electron chi connectivity index (χ2n) is 6.87. The Labute approximate surface area is 156 Å². The number of thiophene rings is 1. The van der Waals surface area contributed by atoms with E-state index in [1.54, 1.807) is 11.3 Å². The molecule has 0 radical (unpaired) electrons. The van der Waals surface area contributed by atoms with Crippen molar-refractivity contribution in [3.05, 3.63) is 10.4 Å². The van der Waals surface area contributed by atoms with E-state index in [1.807, 2.05) is 19.0 Å². The van der Waals surface area contributed by atoms with Gasteiger partial charge in [0.05, 0.1) is 11.1 Å². The van der Waals surface area contributed by atoms with Gasteiger partial charge in [0.1, 0.15) is 10.6 Å². The number of rotatable bonds is 6. The van der Waals surface area contributed by atoms with Gasteiger partial charge in [-0.3, -0.25) is 4.79 Å². The van der Waals surface area contributed by atoms with Crippen LogP contribution in [-0.2, 0) is 17.6 Å². The van der Waals surface area contributed by atoms with Crippen molar-refractivity contribution < 1.29 is 4.79 Å². The average Bonchev–Trinajstić information content (AvgIpc) is 2.90. The van der Waals surface area contributed by atoms with Crippen LogP contribution in [0.15, 0.2) is 5.16 Å². The van der Waals surface area contributed by atoms with E-state index in [2.05, 4.69) is 22.2 Å². The van der Waals surface area contributed by atoms with E-state index in [9.17, 15) is 4.79 Å². The third-order valence-electron chi connectivity index (χ3n) is 4.38. The summed E-state index contributed by atoms with van der Waals surface area (Å²) in [7, 11) is 3.96. The number of fused-ring (bicyclic) bond motifs is 3. The molecule has 6 nitrogen and oxygen atoms in total. The Kier molecular flexibility index (Phi) is 5.81. The van der Waals surface area contributed by atoms with Gasteiger partial charge in [-0.25, -0.2) is 9.97 Å². The summed E-state index contributed by atoms with van der Waals surface area (Å²) < 4.78 is 0. The van der Waals surface area contributed by atoms with Crippen molar-refractivity contribution in [1.82, 2.24) is 20.2 Å². The predicted molar refractivity (Wildman–Crippen MR) is 105 cm³/mol. The topological polar surface area (TPSA) is 84.1 Å². The molecule has 0 aromatic carbocycles. The van der Waals surface area contributed by atoms with Crippen molar-refractivity contribution >= 4 is 45.0 Å². The third kappa shape index (κ3) is 4.43. The zero-order valence-corrected chi connectivity index (χ0v) is 16.6. The molecule has 25 heavy (non-hydrogen) atoms. The van der Waals surface area contributed by atoms with Crippen molar-refractivity contribution in [2.24, 2.45) is 5.92 Å². The van der Waals surface area contributed by atoms with Gasteiger partial charge < -0.3 is 16.0 Å². The zero-order chi connectivity index (χ0) is 18.0. The highest BCUT2D eigenvalue weighted by Crippen LogP contribution is 2.39. The molecule has 3 rings (SSSR count). The second-order valence-corrected chi connectivity index (χ2v) is 8.89. The van der Waals surface area contributed by atoms with Crippen molar-refractivity contribution in [2.45, 2.75) is 31.3 Å². The molecule has 1 amide bonds. The van der Waals surface area contributed by atoms with E-state index in [-0.39, 0.29) is 5.91 Å². The maximum atomic E-state index is 11.9. The average molecular weight is 380 g/mol. The van der Waals surface area contributed by atoms with Crippen LogP contribution in [0.5, 0.6) is 0 Å². The first kappa shape index (κ1) is 18.4. The fourth-order valence-electron chi connectivity index (χ4n) is 3.01. The summed E-state index contributed by atoms with van der Waals surface area (Å²) in [6, 6.07) is 0. The summed E-state index contributed by atoms with van der Waals surface area (Å²) in [4.78, 5) is 25.4. The van der Waals surface area contributed by atoms with Crippen molar-refractivity contribution in [3.8, 4) is 0 Å². The molecule has 1 aliphatic rings. The van der Waals surface area contributed by atoms with Gasteiger partial charge in [0, 0.05) is 18.0 Å². The Morgan fingerprint density at radius 3 is 3.00 bits per heavy atom. The number of thioether (sulfide) groups is 1. The first-order valence-electron chi connectivity index (χ1n) is 8.56. The number of aryl methyl sites for hydroxylation is 1. The first-order chi connectivity index (χ1) is 11.9. The molecule has 2 aromatic rings. The molecule has 0 saturated heterocycles. The van der Waals surface area contributed by atoms with E-state index in [0.29, 0.717) is 23.3 Å². The van der Waals surface area contributed by atoms with Gasteiger partial charge in [-0.15, -0.1) is 11.3 Å². The van der Waals surface area contributed by atoms with Gasteiger partial charge in [0.2, 0.25) is 5.91 Å². The maximum Gasteiger partial charge on any atom is 0.230 e. The number of nitrogens with two attached hydrogens (primary N) is 1. The molecular weight excluding hydrogens is 354 g/mol. The van der Waals surface area contributed by atoms with Crippen LogP contribution in [0.3, 0.4) is 0 Å². The van der Waals surface area contributed by atoms with Crippen LogP contribution in [-0.4, -0.2) is 53.7 Å². The molecule has 136 valence electrons. The Hall–Kier alpha value is -1.38. The molecule has 0 aliphatic heterocycles. The monoisotopic (exact) mass is 379 g/mol. The van der Waals surface area contributed by atoms with E-state index < -0.39 is 0 Å². The third-order valence-corrected chi connectivity index (χ3v) is 6.37. The fraction of sp³-hybridized carbons (Fsp3) is 0.588. The highest BCUT2D eigenvalue weighted by molar-refractivity contribution is 7.99. The van der Waals surface area contributed by atoms with Gasteiger partial charge in [0.15, 0.2) is 5.16 Å². The number of anilines is 1. The minimum Gasteiger partial charge on any atom is -0.383 e. The van der Waals surface area contributed by atoms with Crippen molar-refractivity contribution in [3.63, 3.8) is 0 Å². The van der Waals surface area contributed by atoms with E-state index in [1.165, 1.54) is 28.6 Å². The molecule has 3 N–H and O–H groups in total. The largest absolute Gasteiger partial charge is 0.383 e. The van der Waals surface area contributed by atoms with Crippen LogP contribution in [0, 0.1) is 5.92 Å². The number of carbonyl (C=O) groups is 1. The van der Waals surface area contributed by atoms with Crippen LogP contribution in [0.2, 0.25) is 0 Å². The number of nitrogens with one attached hydrogen (secondary N) is 1. The summed E-state index contributed by atoms with van der Waals surface area (Å²) in [5.74, 6) is 1.57. The van der Waals surface area contributed by atoms with Gasteiger partial charge >= 0.3 is 0 Å². The second kappa shape index (κ2) is 7.88. The molecule has 0 spiro atoms. The Bertz CT molecular complexity index is 774. The molecule has 2 aromatic heterocycles. The molecule has 0 fully saturated rings. The summed E-state index contributed by atoms with van der Waals surface area (Å²) in [5.41, 5.74) is 7.56. The standard InChI is InChI=1S/C17H25N5OS2/c1-10-4-5-11-12(8-10)25-16-14(11)15(18)20-17(21-16)24-9-13(23)19-6-7-22(2)3/h10H,4-9H2,1-3H3,(H,19,23)(H2,18,20,21). The lowest BCUT2D eigenvalue weighted by Crippen LogP contribution is -2.32. The number of hydrogen-bond donors (Lipinski definition) is 2. The molecule has 1 unspecified atom stereocenters. The lowest BCUT2D eigenvalue weighted by Gasteiger charge is -2.17. The Morgan fingerprint density at radius 2 is 2.24 bits per heavy atom. The summed E-state index contributed by atoms with van der Waals surface area (Å²) in [6.07, 6.45) is 3.36. The van der Waals surface area contributed by atoms with Gasteiger partial charge in [-0.1, -0.05) is 18.7 Å². The zero-order valence-electron chi connectivity index (χ0n) is 15.0. The minimum absolute atomic E-state index is 0.00610. The normalized spacial score (nSPS) is 17.0. The quantitative estimate of drug-likeness (QED) is 0.591. The van der Waals surface area contributed by atoms with Crippen LogP contribution in [0.4, 0.5) is 5.82 Å². The number of carbonyl (C=O) groups excluding carboxylic acids is 1. The highest BCUT2D eigenvalue weighted by Gasteiger charge is 2.23. The van der Waals surface area contributed by atoms with Crippen LogP contribution in [0.1, 0.15) is 23.8 Å². The lowest BCUT2D eigenvalue weighted by atomic mass is 9.89. The first-order valence-corrected chi connectivity index (χ1v) is 10.4. The van der Waals surface area contributed by atoms with Gasteiger partial charge in [0.25, 0.3) is 0 Å². The smallest absolute Gasteiger partial charge is 0.230 e. The predicted octanol–water partition coefficient (Wildman–Crippen LogP) is 2.17. The number of amides is 1. The van der Waals surface area contributed by atoms with E-state index >= 15 is 0 Å². The maximum absolute atomic E-state index is 11.9. The van der Waals surface area contributed by atoms with E-state index in [4.69, 9.17) is 5.73 Å². The molecule has 1 atom stereocenters. The molecule has 0 saturated carbocycles. The van der Waals surface area contributed by atoms with Crippen LogP contribution in [0.25, 0.3) is 10.2 Å². The highest BCUT2D eigenvalue weighted by atomic mass is 32.2. The molecule has 2 heterocycles. The van der Waals surface area contributed by atoms with Crippen LogP contribution >= 0.6 is 23.1 Å². The number of likely N-dealkylation sites (N-methyl/N-ethyl adjacent to an activating group) is 1. The SMILES string of the molecule is CC1CCc2c(sc3nc(SCC(=O)NCCN(C)C)nc(N)c23)C1. The minimum atomic E-state index is -0.00610. The number of nitrogens with zero attached hydrogens (tertiary/aromatic N) is 3. The van der Waals surface area contributed by atoms with Gasteiger partial charge in [-0.2, -0.15) is 0 Å². The molecule has 1 aliphatic carbocycles.